The number of amides is 2. The molecule has 158 valence electrons. The van der Waals surface area contributed by atoms with Crippen molar-refractivity contribution in [3.05, 3.63) is 41.5 Å². The molecule has 0 aromatic carbocycles. The number of fused-ring (bicyclic) bond motifs is 1. The van der Waals surface area contributed by atoms with Crippen molar-refractivity contribution in [2.75, 3.05) is 40.3 Å². The maximum Gasteiger partial charge on any atom is 0.242 e. The lowest BCUT2D eigenvalue weighted by molar-refractivity contribution is -0.138. The Balaban J connectivity index is 1.66. The third kappa shape index (κ3) is 4.11. The molecule has 3 aromatic rings. The molecule has 0 saturated carbocycles. The van der Waals surface area contributed by atoms with Gasteiger partial charge in [-0.1, -0.05) is 6.07 Å². The summed E-state index contributed by atoms with van der Waals surface area (Å²) in [7, 11) is 4.09. The zero-order valence-electron chi connectivity index (χ0n) is 17.7. The van der Waals surface area contributed by atoms with Crippen molar-refractivity contribution in [3.8, 4) is 10.6 Å². The number of rotatable bonds is 5. The third-order valence-electron chi connectivity index (χ3n) is 5.49. The molecule has 1 fully saturated rings. The molecule has 1 saturated heterocycles. The molecule has 4 rings (SSSR count). The number of pyridine rings is 1. The highest BCUT2D eigenvalue weighted by Gasteiger charge is 2.24. The molecule has 0 aliphatic carbocycles. The molecule has 0 unspecified atom stereocenters. The molecule has 1 aliphatic rings. The summed E-state index contributed by atoms with van der Waals surface area (Å²) in [6.45, 7) is 5.00. The second kappa shape index (κ2) is 8.57. The summed E-state index contributed by atoms with van der Waals surface area (Å²) in [4.78, 5) is 36.2. The Morgan fingerprint density at radius 3 is 2.50 bits per heavy atom. The number of aromatic nitrogens is 2. The van der Waals surface area contributed by atoms with E-state index in [1.54, 1.807) is 23.2 Å². The van der Waals surface area contributed by atoms with Gasteiger partial charge in [0.2, 0.25) is 11.8 Å². The Morgan fingerprint density at radius 2 is 1.87 bits per heavy atom. The van der Waals surface area contributed by atoms with Crippen molar-refractivity contribution < 1.29 is 9.59 Å². The number of piperazine rings is 1. The Hall–Kier alpha value is -2.71. The van der Waals surface area contributed by atoms with Gasteiger partial charge in [-0.2, -0.15) is 0 Å². The van der Waals surface area contributed by atoms with Crippen molar-refractivity contribution in [2.45, 2.75) is 20.0 Å². The van der Waals surface area contributed by atoms with Gasteiger partial charge in [-0.15, -0.1) is 11.3 Å². The van der Waals surface area contributed by atoms with Crippen LogP contribution in [0, 0.1) is 0 Å². The van der Waals surface area contributed by atoms with Crippen molar-refractivity contribution in [1.82, 2.24) is 24.3 Å². The summed E-state index contributed by atoms with van der Waals surface area (Å²) in [5.41, 5.74) is 3.11. The minimum atomic E-state index is 0.0680. The number of nitrogens with zero attached hydrogens (tertiary/aromatic N) is 5. The largest absolute Gasteiger partial charge is 0.339 e. The summed E-state index contributed by atoms with van der Waals surface area (Å²) in [6.07, 6.45) is 3.94. The van der Waals surface area contributed by atoms with E-state index in [0.717, 1.165) is 28.0 Å². The summed E-state index contributed by atoms with van der Waals surface area (Å²) >= 11 is 1.65. The van der Waals surface area contributed by atoms with Crippen LogP contribution in [-0.4, -0.2) is 76.3 Å². The molecule has 0 radical (unpaired) electrons. The molecular weight excluding hydrogens is 398 g/mol. The van der Waals surface area contributed by atoms with E-state index in [1.165, 1.54) is 5.56 Å². The van der Waals surface area contributed by atoms with Gasteiger partial charge in [0.15, 0.2) is 0 Å². The van der Waals surface area contributed by atoms with Crippen LogP contribution in [0.3, 0.4) is 0 Å². The summed E-state index contributed by atoms with van der Waals surface area (Å²) < 4.78 is 2.05. The lowest BCUT2D eigenvalue weighted by Crippen LogP contribution is -2.50. The molecule has 0 spiro atoms. The van der Waals surface area contributed by atoms with Crippen LogP contribution in [-0.2, 0) is 22.7 Å². The van der Waals surface area contributed by atoms with E-state index in [2.05, 4.69) is 26.7 Å². The lowest BCUT2D eigenvalue weighted by atomic mass is 10.1. The van der Waals surface area contributed by atoms with E-state index >= 15 is 0 Å². The van der Waals surface area contributed by atoms with E-state index in [1.807, 2.05) is 42.7 Å². The molecule has 0 N–H and O–H groups in total. The van der Waals surface area contributed by atoms with Gasteiger partial charge in [-0.05, 0) is 37.2 Å². The van der Waals surface area contributed by atoms with Gasteiger partial charge in [-0.3, -0.25) is 14.6 Å². The minimum absolute atomic E-state index is 0.0680. The van der Waals surface area contributed by atoms with E-state index in [-0.39, 0.29) is 18.4 Å². The van der Waals surface area contributed by atoms with Crippen molar-refractivity contribution in [1.29, 1.82) is 0 Å². The minimum Gasteiger partial charge on any atom is -0.339 e. The molecule has 8 heteroatoms. The predicted octanol–water partition coefficient (Wildman–Crippen LogP) is 2.52. The first-order valence-corrected chi connectivity index (χ1v) is 11.0. The number of hydrogen-bond donors (Lipinski definition) is 0. The SMILES string of the molecule is CC(=O)N1CCN(C(=O)Cn2cc(CN(C)C)c3ccnc(-c4cccs4)c32)CC1. The monoisotopic (exact) mass is 425 g/mol. The average Bonchev–Trinajstić information content (AvgIpc) is 3.37. The second-order valence-corrected chi connectivity index (χ2v) is 8.89. The topological polar surface area (TPSA) is 61.7 Å². The zero-order chi connectivity index (χ0) is 21.3. The summed E-state index contributed by atoms with van der Waals surface area (Å²) in [5, 5.41) is 3.18. The smallest absolute Gasteiger partial charge is 0.242 e. The first kappa shape index (κ1) is 20.6. The van der Waals surface area contributed by atoms with Gasteiger partial charge in [0, 0.05) is 57.4 Å². The summed E-state index contributed by atoms with van der Waals surface area (Å²) in [5.74, 6) is 0.144. The highest BCUT2D eigenvalue weighted by Crippen LogP contribution is 2.33. The molecular formula is C22H27N5O2S. The Morgan fingerprint density at radius 1 is 1.13 bits per heavy atom. The van der Waals surface area contributed by atoms with Gasteiger partial charge < -0.3 is 19.3 Å². The molecule has 2 amide bonds. The quantitative estimate of drug-likeness (QED) is 0.630. The predicted molar refractivity (Wildman–Crippen MR) is 119 cm³/mol. The van der Waals surface area contributed by atoms with E-state index in [9.17, 15) is 9.59 Å². The van der Waals surface area contributed by atoms with Crippen LogP contribution in [0.5, 0.6) is 0 Å². The van der Waals surface area contributed by atoms with Crippen LogP contribution in [0.4, 0.5) is 0 Å². The van der Waals surface area contributed by atoms with Gasteiger partial charge in [0.1, 0.15) is 12.2 Å². The van der Waals surface area contributed by atoms with Gasteiger partial charge in [0.25, 0.3) is 0 Å². The molecule has 7 nitrogen and oxygen atoms in total. The second-order valence-electron chi connectivity index (χ2n) is 7.94. The Kier molecular flexibility index (Phi) is 5.87. The standard InChI is InChI=1S/C22H27N5O2S/c1-16(28)25-8-10-26(11-9-25)20(29)15-27-14-17(13-24(2)3)18-6-7-23-21(22(18)27)19-5-4-12-30-19/h4-7,12,14H,8-11,13,15H2,1-3H3. The highest BCUT2D eigenvalue weighted by molar-refractivity contribution is 7.13. The van der Waals surface area contributed by atoms with Gasteiger partial charge >= 0.3 is 0 Å². The summed E-state index contributed by atoms with van der Waals surface area (Å²) in [6, 6.07) is 6.13. The van der Waals surface area contributed by atoms with Crippen LogP contribution in [0.2, 0.25) is 0 Å². The fourth-order valence-electron chi connectivity index (χ4n) is 4.03. The van der Waals surface area contributed by atoms with Crippen molar-refractivity contribution >= 4 is 34.1 Å². The van der Waals surface area contributed by atoms with Crippen LogP contribution in [0.25, 0.3) is 21.5 Å². The number of hydrogen-bond acceptors (Lipinski definition) is 5. The number of thiophene rings is 1. The van der Waals surface area contributed by atoms with Crippen molar-refractivity contribution in [2.24, 2.45) is 0 Å². The van der Waals surface area contributed by atoms with Crippen LogP contribution in [0.15, 0.2) is 36.0 Å². The normalized spacial score (nSPS) is 14.7. The first-order chi connectivity index (χ1) is 14.4. The lowest BCUT2D eigenvalue weighted by Gasteiger charge is -2.34. The third-order valence-corrected chi connectivity index (χ3v) is 6.37. The molecule has 1 aliphatic heterocycles. The van der Waals surface area contributed by atoms with E-state index in [0.29, 0.717) is 26.2 Å². The average molecular weight is 426 g/mol. The van der Waals surface area contributed by atoms with Crippen LogP contribution >= 0.6 is 11.3 Å². The van der Waals surface area contributed by atoms with Crippen LogP contribution in [0.1, 0.15) is 12.5 Å². The maximum atomic E-state index is 13.1. The molecule has 3 aromatic heterocycles. The first-order valence-electron chi connectivity index (χ1n) is 10.1. The molecule has 0 bridgehead atoms. The Bertz CT molecular complexity index is 1050. The fraction of sp³-hybridized carbons (Fsp3) is 0.409. The fourth-order valence-corrected chi connectivity index (χ4v) is 4.75. The van der Waals surface area contributed by atoms with Gasteiger partial charge in [0.05, 0.1) is 10.4 Å². The molecule has 4 heterocycles. The van der Waals surface area contributed by atoms with Crippen molar-refractivity contribution in [3.63, 3.8) is 0 Å². The Labute approximate surface area is 180 Å². The molecule has 0 atom stereocenters. The molecule has 30 heavy (non-hydrogen) atoms. The number of carbonyl (C=O) groups excluding carboxylic acids is 2. The highest BCUT2D eigenvalue weighted by atomic mass is 32.1. The zero-order valence-corrected chi connectivity index (χ0v) is 18.5. The van der Waals surface area contributed by atoms with E-state index < -0.39 is 0 Å². The maximum absolute atomic E-state index is 13.1. The van der Waals surface area contributed by atoms with Crippen LogP contribution < -0.4 is 0 Å². The van der Waals surface area contributed by atoms with E-state index in [4.69, 9.17) is 0 Å². The van der Waals surface area contributed by atoms with Gasteiger partial charge in [-0.25, -0.2) is 0 Å². The number of carbonyl (C=O) groups is 2.